The van der Waals surface area contributed by atoms with E-state index in [1.807, 2.05) is 6.92 Å². The standard InChI is InChI=1S/C17H19N3O4/c1-3-14(13-7-8-15(22)10(2)16(13)23)19-20-17(24)18-11-5-4-6-12(21)9-11/h4-9,21-23H,3H2,1-2H3,(H2,18,20,24)/b19-14+. The van der Waals surface area contributed by atoms with Gasteiger partial charge in [0, 0.05) is 22.9 Å². The molecule has 0 spiro atoms. The van der Waals surface area contributed by atoms with Crippen LogP contribution in [0.1, 0.15) is 24.5 Å². The summed E-state index contributed by atoms with van der Waals surface area (Å²) in [4.78, 5) is 11.9. The maximum atomic E-state index is 11.9. The Morgan fingerprint density at radius 3 is 2.58 bits per heavy atom. The molecule has 0 atom stereocenters. The van der Waals surface area contributed by atoms with E-state index in [1.165, 1.54) is 24.3 Å². The molecular formula is C17H19N3O4. The van der Waals surface area contributed by atoms with Gasteiger partial charge >= 0.3 is 6.03 Å². The molecular weight excluding hydrogens is 310 g/mol. The van der Waals surface area contributed by atoms with Crippen LogP contribution in [-0.4, -0.2) is 27.1 Å². The molecule has 0 aliphatic rings. The molecule has 0 aliphatic heterocycles. The fourth-order valence-electron chi connectivity index (χ4n) is 2.11. The second kappa shape index (κ2) is 7.36. The van der Waals surface area contributed by atoms with Crippen LogP contribution in [0.5, 0.6) is 17.2 Å². The third kappa shape index (κ3) is 3.95. The molecule has 2 aromatic rings. The molecule has 7 nitrogen and oxygen atoms in total. The molecule has 24 heavy (non-hydrogen) atoms. The maximum absolute atomic E-state index is 11.9. The maximum Gasteiger partial charge on any atom is 0.339 e. The van der Waals surface area contributed by atoms with Crippen LogP contribution >= 0.6 is 0 Å². The number of phenols is 3. The van der Waals surface area contributed by atoms with E-state index in [2.05, 4.69) is 15.8 Å². The van der Waals surface area contributed by atoms with Gasteiger partial charge in [-0.25, -0.2) is 10.2 Å². The largest absolute Gasteiger partial charge is 0.508 e. The van der Waals surface area contributed by atoms with E-state index in [0.29, 0.717) is 28.9 Å². The first-order valence-electron chi connectivity index (χ1n) is 7.36. The van der Waals surface area contributed by atoms with Crippen LogP contribution < -0.4 is 10.7 Å². The molecule has 0 heterocycles. The molecule has 0 saturated heterocycles. The summed E-state index contributed by atoms with van der Waals surface area (Å²) in [6.45, 7) is 3.42. The molecule has 0 radical (unpaired) electrons. The van der Waals surface area contributed by atoms with Gasteiger partial charge in [0.15, 0.2) is 0 Å². The van der Waals surface area contributed by atoms with E-state index in [-0.39, 0.29) is 17.2 Å². The minimum absolute atomic E-state index is 0.0127. The van der Waals surface area contributed by atoms with Crippen molar-refractivity contribution in [1.82, 2.24) is 5.43 Å². The summed E-state index contributed by atoms with van der Waals surface area (Å²) in [6.07, 6.45) is 0.462. The molecule has 0 fully saturated rings. The molecule has 0 aliphatic carbocycles. The van der Waals surface area contributed by atoms with E-state index in [9.17, 15) is 20.1 Å². The number of amides is 2. The summed E-state index contributed by atoms with van der Waals surface area (Å²) >= 11 is 0. The number of urea groups is 1. The number of hydrogen-bond donors (Lipinski definition) is 5. The second-order valence-corrected chi connectivity index (χ2v) is 5.13. The SMILES string of the molecule is CC/C(=N\NC(=O)Nc1cccc(O)c1)c1ccc(O)c(C)c1O. The van der Waals surface area contributed by atoms with E-state index in [4.69, 9.17) is 0 Å². The number of carbonyl (C=O) groups is 1. The first kappa shape index (κ1) is 17.1. The number of benzene rings is 2. The van der Waals surface area contributed by atoms with Gasteiger partial charge in [0.2, 0.25) is 0 Å². The Balaban J connectivity index is 2.14. The van der Waals surface area contributed by atoms with Crippen molar-refractivity contribution in [1.29, 1.82) is 0 Å². The molecule has 2 aromatic carbocycles. The highest BCUT2D eigenvalue weighted by atomic mass is 16.3. The van der Waals surface area contributed by atoms with E-state index < -0.39 is 6.03 Å². The zero-order valence-corrected chi connectivity index (χ0v) is 13.4. The lowest BCUT2D eigenvalue weighted by Gasteiger charge is -2.11. The number of phenolic OH excluding ortho intramolecular Hbond substituents is 3. The van der Waals surface area contributed by atoms with Crippen molar-refractivity contribution < 1.29 is 20.1 Å². The molecule has 126 valence electrons. The van der Waals surface area contributed by atoms with Crippen LogP contribution in [0.4, 0.5) is 10.5 Å². The van der Waals surface area contributed by atoms with Crippen molar-refractivity contribution in [2.45, 2.75) is 20.3 Å². The molecule has 0 saturated carbocycles. The van der Waals surface area contributed by atoms with Gasteiger partial charge < -0.3 is 20.6 Å². The first-order valence-corrected chi connectivity index (χ1v) is 7.36. The Labute approximate surface area is 139 Å². The highest BCUT2D eigenvalue weighted by Crippen LogP contribution is 2.30. The molecule has 2 rings (SSSR count). The fraction of sp³-hybridized carbons (Fsp3) is 0.176. The minimum Gasteiger partial charge on any atom is -0.508 e. The lowest BCUT2D eigenvalue weighted by atomic mass is 10.0. The first-order chi connectivity index (χ1) is 11.4. The summed E-state index contributed by atoms with van der Waals surface area (Å²) in [5.74, 6) is -0.0536. The summed E-state index contributed by atoms with van der Waals surface area (Å²) < 4.78 is 0. The van der Waals surface area contributed by atoms with Gasteiger partial charge in [-0.15, -0.1) is 0 Å². The summed E-state index contributed by atoms with van der Waals surface area (Å²) in [5.41, 5.74) is 4.01. The van der Waals surface area contributed by atoms with Gasteiger partial charge in [-0.3, -0.25) is 0 Å². The quantitative estimate of drug-likeness (QED) is 0.438. The highest BCUT2D eigenvalue weighted by molar-refractivity contribution is 6.04. The smallest absolute Gasteiger partial charge is 0.339 e. The van der Waals surface area contributed by atoms with Crippen molar-refractivity contribution in [3.8, 4) is 17.2 Å². The average Bonchev–Trinajstić information content (AvgIpc) is 2.55. The molecule has 0 unspecified atom stereocenters. The summed E-state index contributed by atoms with van der Waals surface area (Å²) in [5, 5.41) is 35.6. The molecule has 0 bridgehead atoms. The minimum atomic E-state index is -0.582. The van der Waals surface area contributed by atoms with Gasteiger partial charge in [-0.05, 0) is 37.6 Å². The normalized spacial score (nSPS) is 11.2. The Hall–Kier alpha value is -3.22. The Morgan fingerprint density at radius 2 is 1.92 bits per heavy atom. The topological polar surface area (TPSA) is 114 Å². The van der Waals surface area contributed by atoms with Crippen molar-refractivity contribution in [3.05, 3.63) is 47.5 Å². The van der Waals surface area contributed by atoms with Crippen molar-refractivity contribution in [2.75, 3.05) is 5.32 Å². The number of anilines is 1. The molecule has 0 aromatic heterocycles. The van der Waals surface area contributed by atoms with Crippen LogP contribution in [0.2, 0.25) is 0 Å². The Kier molecular flexibility index (Phi) is 5.26. The van der Waals surface area contributed by atoms with Crippen LogP contribution in [0.15, 0.2) is 41.5 Å². The number of hydrazone groups is 1. The van der Waals surface area contributed by atoms with Gasteiger partial charge in [-0.2, -0.15) is 5.10 Å². The van der Waals surface area contributed by atoms with Crippen molar-refractivity contribution >= 4 is 17.4 Å². The van der Waals surface area contributed by atoms with Crippen LogP contribution in [0.3, 0.4) is 0 Å². The lowest BCUT2D eigenvalue weighted by molar-refractivity contribution is 0.252. The third-order valence-electron chi connectivity index (χ3n) is 3.44. The van der Waals surface area contributed by atoms with E-state index in [0.717, 1.165) is 0 Å². The number of hydrogen-bond acceptors (Lipinski definition) is 5. The number of aromatic hydroxyl groups is 3. The summed E-state index contributed by atoms with van der Waals surface area (Å²) in [6, 6.07) is 8.53. The van der Waals surface area contributed by atoms with Gasteiger partial charge in [0.05, 0.1) is 5.71 Å². The number of nitrogens with one attached hydrogen (secondary N) is 2. The van der Waals surface area contributed by atoms with Gasteiger partial charge in [0.1, 0.15) is 17.2 Å². The van der Waals surface area contributed by atoms with Crippen LogP contribution in [0, 0.1) is 6.92 Å². The van der Waals surface area contributed by atoms with Crippen LogP contribution in [-0.2, 0) is 0 Å². The van der Waals surface area contributed by atoms with E-state index >= 15 is 0 Å². The monoisotopic (exact) mass is 329 g/mol. The van der Waals surface area contributed by atoms with E-state index in [1.54, 1.807) is 19.1 Å². The molecule has 2 amide bonds. The van der Waals surface area contributed by atoms with Gasteiger partial charge in [0.25, 0.3) is 0 Å². The zero-order chi connectivity index (χ0) is 17.7. The highest BCUT2D eigenvalue weighted by Gasteiger charge is 2.13. The van der Waals surface area contributed by atoms with Crippen molar-refractivity contribution in [3.63, 3.8) is 0 Å². The predicted octanol–water partition coefficient (Wildman–Crippen LogP) is 3.05. The predicted molar refractivity (Wildman–Crippen MR) is 91.6 cm³/mol. The number of rotatable bonds is 4. The zero-order valence-electron chi connectivity index (χ0n) is 13.4. The van der Waals surface area contributed by atoms with Crippen molar-refractivity contribution in [2.24, 2.45) is 5.10 Å². The number of nitrogens with zero attached hydrogens (tertiary/aromatic N) is 1. The third-order valence-corrected chi connectivity index (χ3v) is 3.44. The Bertz CT molecular complexity index is 787. The Morgan fingerprint density at radius 1 is 1.17 bits per heavy atom. The fourth-order valence-corrected chi connectivity index (χ4v) is 2.11. The average molecular weight is 329 g/mol. The number of carbonyl (C=O) groups excluding carboxylic acids is 1. The summed E-state index contributed by atoms with van der Waals surface area (Å²) in [7, 11) is 0. The molecule has 7 heteroatoms. The second-order valence-electron chi connectivity index (χ2n) is 5.13. The lowest BCUT2D eigenvalue weighted by Crippen LogP contribution is -2.25. The van der Waals surface area contributed by atoms with Crippen LogP contribution in [0.25, 0.3) is 0 Å². The van der Waals surface area contributed by atoms with Gasteiger partial charge in [-0.1, -0.05) is 13.0 Å². The molecule has 5 N–H and O–H groups in total.